The first-order valence-corrected chi connectivity index (χ1v) is 5.10. The van der Waals surface area contributed by atoms with Crippen LogP contribution in [-0.4, -0.2) is 17.3 Å². The molecule has 2 unspecified atom stereocenters. The van der Waals surface area contributed by atoms with Crippen LogP contribution in [0.25, 0.3) is 0 Å². The van der Waals surface area contributed by atoms with Crippen molar-refractivity contribution in [2.24, 2.45) is 0 Å². The van der Waals surface area contributed by atoms with Crippen LogP contribution in [0.1, 0.15) is 12.5 Å². The van der Waals surface area contributed by atoms with Crippen molar-refractivity contribution in [3.05, 3.63) is 28.2 Å². The lowest BCUT2D eigenvalue weighted by molar-refractivity contribution is 0.0628. The number of aliphatic hydroxyl groups excluding tert-OH is 1. The molecule has 1 heterocycles. The van der Waals surface area contributed by atoms with Gasteiger partial charge in [0.2, 0.25) is 0 Å². The van der Waals surface area contributed by atoms with Crippen LogP contribution in [0, 0.1) is 0 Å². The summed E-state index contributed by atoms with van der Waals surface area (Å²) in [5.74, 6) is 0.883. The van der Waals surface area contributed by atoms with E-state index in [9.17, 15) is 5.11 Å². The fourth-order valence-electron chi connectivity index (χ4n) is 1.53. The molecule has 13 heavy (non-hydrogen) atoms. The fraction of sp³-hybridized carbons (Fsp3) is 0.400. The van der Waals surface area contributed by atoms with Crippen molar-refractivity contribution < 1.29 is 9.84 Å². The Morgan fingerprint density at radius 2 is 2.38 bits per heavy atom. The number of para-hydroxylation sites is 1. The van der Waals surface area contributed by atoms with Crippen LogP contribution in [0.5, 0.6) is 5.75 Å². The summed E-state index contributed by atoms with van der Waals surface area (Å²) in [6, 6.07) is 5.96. The Kier molecular flexibility index (Phi) is 2.30. The van der Waals surface area contributed by atoms with Gasteiger partial charge in [-0.05, 0) is 34.5 Å². The molecule has 0 saturated heterocycles. The van der Waals surface area contributed by atoms with Gasteiger partial charge in [0.1, 0.15) is 11.9 Å². The first kappa shape index (κ1) is 9.03. The Bertz CT molecular complexity index is 323. The summed E-state index contributed by atoms with van der Waals surface area (Å²) in [7, 11) is 0. The van der Waals surface area contributed by atoms with E-state index in [4.69, 9.17) is 4.74 Å². The minimum atomic E-state index is -0.417. The van der Waals surface area contributed by atoms with Crippen LogP contribution in [0.4, 0.5) is 0 Å². The van der Waals surface area contributed by atoms with Crippen LogP contribution in [0.3, 0.4) is 0 Å². The van der Waals surface area contributed by atoms with Crippen molar-refractivity contribution >= 4 is 15.9 Å². The van der Waals surface area contributed by atoms with Crippen molar-refractivity contribution in [2.75, 3.05) is 0 Å². The zero-order valence-corrected chi connectivity index (χ0v) is 8.91. The number of ether oxygens (including phenoxy) is 1. The summed E-state index contributed by atoms with van der Waals surface area (Å²) >= 11 is 3.42. The van der Waals surface area contributed by atoms with Crippen LogP contribution in [0.2, 0.25) is 0 Å². The number of fused-ring (bicyclic) bond motifs is 1. The molecule has 0 aromatic heterocycles. The van der Waals surface area contributed by atoms with E-state index in [0.717, 1.165) is 16.6 Å². The van der Waals surface area contributed by atoms with Crippen molar-refractivity contribution in [3.63, 3.8) is 0 Å². The molecule has 1 N–H and O–H groups in total. The monoisotopic (exact) mass is 242 g/mol. The first-order valence-electron chi connectivity index (χ1n) is 4.30. The van der Waals surface area contributed by atoms with E-state index >= 15 is 0 Å². The summed E-state index contributed by atoms with van der Waals surface area (Å²) in [6.45, 7) is 1.75. The maximum absolute atomic E-state index is 9.37. The maximum Gasteiger partial charge on any atom is 0.137 e. The molecule has 0 amide bonds. The molecule has 2 nitrogen and oxygen atoms in total. The zero-order chi connectivity index (χ0) is 9.42. The van der Waals surface area contributed by atoms with E-state index in [-0.39, 0.29) is 6.10 Å². The molecule has 0 aliphatic carbocycles. The van der Waals surface area contributed by atoms with Gasteiger partial charge in [0.25, 0.3) is 0 Å². The van der Waals surface area contributed by atoms with Gasteiger partial charge in [-0.2, -0.15) is 0 Å². The largest absolute Gasteiger partial charge is 0.486 e. The highest BCUT2D eigenvalue weighted by Gasteiger charge is 2.27. The predicted octanol–water partition coefficient (Wildman–Crippen LogP) is 2.13. The van der Waals surface area contributed by atoms with Gasteiger partial charge in [-0.15, -0.1) is 0 Å². The molecule has 1 aliphatic heterocycles. The van der Waals surface area contributed by atoms with E-state index in [2.05, 4.69) is 15.9 Å². The first-order chi connectivity index (χ1) is 6.18. The van der Waals surface area contributed by atoms with Crippen molar-refractivity contribution in [2.45, 2.75) is 25.6 Å². The van der Waals surface area contributed by atoms with E-state index in [1.54, 1.807) is 6.92 Å². The van der Waals surface area contributed by atoms with Gasteiger partial charge in [-0.25, -0.2) is 0 Å². The average Bonchev–Trinajstić information content (AvgIpc) is 2.49. The molecule has 0 saturated carbocycles. The number of hydrogen-bond donors (Lipinski definition) is 1. The molecule has 3 heteroatoms. The molecular formula is C10H11BrO2. The summed E-state index contributed by atoms with van der Waals surface area (Å²) < 4.78 is 6.57. The third-order valence-electron chi connectivity index (χ3n) is 2.28. The lowest BCUT2D eigenvalue weighted by Crippen LogP contribution is -2.26. The highest BCUT2D eigenvalue weighted by atomic mass is 79.9. The molecule has 2 rings (SSSR count). The van der Waals surface area contributed by atoms with Crippen molar-refractivity contribution in [1.82, 2.24) is 0 Å². The van der Waals surface area contributed by atoms with E-state index in [1.807, 2.05) is 18.2 Å². The second kappa shape index (κ2) is 3.31. The van der Waals surface area contributed by atoms with Gasteiger partial charge in [0.15, 0.2) is 0 Å². The third kappa shape index (κ3) is 1.58. The van der Waals surface area contributed by atoms with Gasteiger partial charge in [-0.1, -0.05) is 12.1 Å². The molecular weight excluding hydrogens is 232 g/mol. The van der Waals surface area contributed by atoms with E-state index < -0.39 is 6.10 Å². The number of aliphatic hydroxyl groups is 1. The zero-order valence-electron chi connectivity index (χ0n) is 7.33. The van der Waals surface area contributed by atoms with Gasteiger partial charge in [-0.3, -0.25) is 0 Å². The Labute approximate surface area is 85.7 Å². The standard InChI is InChI=1S/C10H11BrO2/c1-6(12)9-5-7-3-2-4-8(11)10(7)13-9/h2-4,6,9,12H,5H2,1H3. The quantitative estimate of drug-likeness (QED) is 0.818. The van der Waals surface area contributed by atoms with Gasteiger partial charge in [0, 0.05) is 6.42 Å². The maximum atomic E-state index is 9.37. The molecule has 0 radical (unpaired) electrons. The second-order valence-corrected chi connectivity index (χ2v) is 4.18. The Balaban J connectivity index is 2.30. The molecule has 70 valence electrons. The average molecular weight is 243 g/mol. The van der Waals surface area contributed by atoms with E-state index in [1.165, 1.54) is 5.56 Å². The number of rotatable bonds is 1. The van der Waals surface area contributed by atoms with Crippen LogP contribution >= 0.6 is 15.9 Å². The third-order valence-corrected chi connectivity index (χ3v) is 2.90. The topological polar surface area (TPSA) is 29.5 Å². The lowest BCUT2D eigenvalue weighted by atomic mass is 10.1. The van der Waals surface area contributed by atoms with Gasteiger partial charge >= 0.3 is 0 Å². The molecule has 0 spiro atoms. The second-order valence-electron chi connectivity index (χ2n) is 3.33. The van der Waals surface area contributed by atoms with Crippen molar-refractivity contribution in [3.8, 4) is 5.75 Å². The molecule has 0 fully saturated rings. The minimum Gasteiger partial charge on any atom is -0.486 e. The lowest BCUT2D eigenvalue weighted by Gasteiger charge is -2.13. The highest BCUT2D eigenvalue weighted by molar-refractivity contribution is 9.10. The number of benzene rings is 1. The molecule has 1 aromatic rings. The fourth-order valence-corrected chi connectivity index (χ4v) is 2.03. The smallest absolute Gasteiger partial charge is 0.137 e. The Morgan fingerprint density at radius 1 is 1.62 bits per heavy atom. The minimum absolute atomic E-state index is 0.0892. The number of halogens is 1. The van der Waals surface area contributed by atoms with Crippen molar-refractivity contribution in [1.29, 1.82) is 0 Å². The normalized spacial score (nSPS) is 22.2. The molecule has 1 aliphatic rings. The summed E-state index contributed by atoms with van der Waals surface area (Å²) in [6.07, 6.45) is 0.292. The molecule has 0 bridgehead atoms. The van der Waals surface area contributed by atoms with Crippen LogP contribution < -0.4 is 4.74 Å². The highest BCUT2D eigenvalue weighted by Crippen LogP contribution is 2.36. The van der Waals surface area contributed by atoms with Crippen LogP contribution in [-0.2, 0) is 6.42 Å². The SMILES string of the molecule is CC(O)C1Cc2cccc(Br)c2O1. The predicted molar refractivity (Wildman–Crippen MR) is 53.9 cm³/mol. The summed E-state index contributed by atoms with van der Waals surface area (Å²) in [5, 5.41) is 9.37. The van der Waals surface area contributed by atoms with Gasteiger partial charge in [0.05, 0.1) is 10.6 Å². The Morgan fingerprint density at radius 3 is 3.00 bits per heavy atom. The van der Waals surface area contributed by atoms with Crippen LogP contribution in [0.15, 0.2) is 22.7 Å². The summed E-state index contributed by atoms with van der Waals surface area (Å²) in [4.78, 5) is 0. The summed E-state index contributed by atoms with van der Waals surface area (Å²) in [5.41, 5.74) is 1.17. The Hall–Kier alpha value is -0.540. The van der Waals surface area contributed by atoms with Gasteiger partial charge < -0.3 is 9.84 Å². The molecule has 1 aromatic carbocycles. The van der Waals surface area contributed by atoms with E-state index in [0.29, 0.717) is 0 Å². The molecule has 2 atom stereocenters. The number of hydrogen-bond acceptors (Lipinski definition) is 2.